The molecule has 2 fully saturated rings. The zero-order valence-corrected chi connectivity index (χ0v) is 13.6. The van der Waals surface area contributed by atoms with Gasteiger partial charge in [-0.2, -0.15) is 0 Å². The molecule has 0 aromatic heterocycles. The predicted octanol–water partition coefficient (Wildman–Crippen LogP) is 3.77. The van der Waals surface area contributed by atoms with Crippen molar-refractivity contribution in [2.45, 2.75) is 58.0 Å². The van der Waals surface area contributed by atoms with Gasteiger partial charge in [0.2, 0.25) is 0 Å². The van der Waals surface area contributed by atoms with Gasteiger partial charge in [-0.25, -0.2) is 0 Å². The lowest BCUT2D eigenvalue weighted by Crippen LogP contribution is -2.38. The van der Waals surface area contributed by atoms with E-state index < -0.39 is 0 Å². The van der Waals surface area contributed by atoms with E-state index in [0.29, 0.717) is 5.92 Å². The number of nitrogens with one attached hydrogen (secondary N) is 1. The van der Waals surface area contributed by atoms with Crippen LogP contribution < -0.4 is 5.32 Å². The highest BCUT2D eigenvalue weighted by atomic mass is 15.2. The van der Waals surface area contributed by atoms with E-state index in [1.807, 2.05) is 0 Å². The summed E-state index contributed by atoms with van der Waals surface area (Å²) < 4.78 is 0. The Labute approximate surface area is 129 Å². The summed E-state index contributed by atoms with van der Waals surface area (Å²) in [6.07, 6.45) is 5.60. The predicted molar refractivity (Wildman–Crippen MR) is 89.6 cm³/mol. The second-order valence-corrected chi connectivity index (χ2v) is 7.33. The fourth-order valence-corrected chi connectivity index (χ4v) is 3.36. The highest BCUT2D eigenvalue weighted by Crippen LogP contribution is 2.30. The topological polar surface area (TPSA) is 15.3 Å². The summed E-state index contributed by atoms with van der Waals surface area (Å²) in [6.45, 7) is 9.38. The standard InChI is InChI=1S/C19H30N2/c1-15(2)18-9-7-17(8-10-18)13-21(12-16-5-6-16)14-19-4-3-11-20-19/h7-10,15-16,19-20H,3-6,11-14H2,1-2H3. The summed E-state index contributed by atoms with van der Waals surface area (Å²) in [6, 6.07) is 10.00. The van der Waals surface area contributed by atoms with Crippen LogP contribution in [0.15, 0.2) is 24.3 Å². The van der Waals surface area contributed by atoms with Crippen molar-refractivity contribution in [2.24, 2.45) is 5.92 Å². The highest BCUT2D eigenvalue weighted by Gasteiger charge is 2.26. The summed E-state index contributed by atoms with van der Waals surface area (Å²) in [5.74, 6) is 1.60. The van der Waals surface area contributed by atoms with Crippen LogP contribution in [-0.4, -0.2) is 30.6 Å². The van der Waals surface area contributed by atoms with Gasteiger partial charge in [-0.3, -0.25) is 4.90 Å². The Balaban J connectivity index is 1.59. The van der Waals surface area contributed by atoms with Gasteiger partial charge in [0.05, 0.1) is 0 Å². The van der Waals surface area contributed by atoms with Crippen LogP contribution in [0.4, 0.5) is 0 Å². The minimum Gasteiger partial charge on any atom is -0.313 e. The Hall–Kier alpha value is -0.860. The number of nitrogens with zero attached hydrogens (tertiary/aromatic N) is 1. The third kappa shape index (κ3) is 4.55. The smallest absolute Gasteiger partial charge is 0.0234 e. The Bertz CT molecular complexity index is 427. The molecule has 1 saturated heterocycles. The van der Waals surface area contributed by atoms with Gasteiger partial charge in [0.25, 0.3) is 0 Å². The molecule has 0 bridgehead atoms. The van der Waals surface area contributed by atoms with Crippen LogP contribution >= 0.6 is 0 Å². The van der Waals surface area contributed by atoms with Crippen molar-refractivity contribution in [2.75, 3.05) is 19.6 Å². The number of hydrogen-bond donors (Lipinski definition) is 1. The van der Waals surface area contributed by atoms with Crippen molar-refractivity contribution in [3.63, 3.8) is 0 Å². The van der Waals surface area contributed by atoms with E-state index >= 15 is 0 Å². The molecule has 2 aliphatic rings. The molecule has 1 aliphatic heterocycles. The van der Waals surface area contributed by atoms with E-state index in [9.17, 15) is 0 Å². The molecule has 3 rings (SSSR count). The molecule has 1 aliphatic carbocycles. The summed E-state index contributed by atoms with van der Waals surface area (Å²) in [5, 5.41) is 3.65. The zero-order chi connectivity index (χ0) is 14.7. The zero-order valence-electron chi connectivity index (χ0n) is 13.6. The molecule has 1 saturated carbocycles. The molecular formula is C19H30N2. The average Bonchev–Trinajstić information content (AvgIpc) is 3.13. The highest BCUT2D eigenvalue weighted by molar-refractivity contribution is 5.24. The van der Waals surface area contributed by atoms with Crippen molar-refractivity contribution in [3.05, 3.63) is 35.4 Å². The van der Waals surface area contributed by atoms with Gasteiger partial charge in [0, 0.05) is 25.7 Å². The van der Waals surface area contributed by atoms with E-state index in [2.05, 4.69) is 48.3 Å². The lowest BCUT2D eigenvalue weighted by Gasteiger charge is -2.26. The molecule has 21 heavy (non-hydrogen) atoms. The number of benzene rings is 1. The average molecular weight is 286 g/mol. The molecule has 0 amide bonds. The van der Waals surface area contributed by atoms with Crippen LogP contribution in [0.5, 0.6) is 0 Å². The van der Waals surface area contributed by atoms with Crippen LogP contribution in [0.25, 0.3) is 0 Å². The first-order valence-electron chi connectivity index (χ1n) is 8.75. The lowest BCUT2D eigenvalue weighted by molar-refractivity contribution is 0.232. The van der Waals surface area contributed by atoms with Crippen LogP contribution in [0, 0.1) is 5.92 Å². The first-order valence-corrected chi connectivity index (χ1v) is 8.75. The van der Waals surface area contributed by atoms with E-state index in [1.54, 1.807) is 0 Å². The Morgan fingerprint density at radius 1 is 1.10 bits per heavy atom. The van der Waals surface area contributed by atoms with Gasteiger partial charge >= 0.3 is 0 Å². The lowest BCUT2D eigenvalue weighted by atomic mass is 10.0. The Morgan fingerprint density at radius 3 is 2.43 bits per heavy atom. The molecule has 0 radical (unpaired) electrons. The SMILES string of the molecule is CC(C)c1ccc(CN(CC2CC2)CC2CCCN2)cc1. The maximum absolute atomic E-state index is 3.65. The molecule has 1 aromatic rings. The molecule has 2 heteroatoms. The van der Waals surface area contributed by atoms with Crippen molar-refractivity contribution in [1.82, 2.24) is 10.2 Å². The van der Waals surface area contributed by atoms with Gasteiger partial charge in [-0.15, -0.1) is 0 Å². The summed E-state index contributed by atoms with van der Waals surface area (Å²) >= 11 is 0. The van der Waals surface area contributed by atoms with Gasteiger partial charge in [-0.1, -0.05) is 38.1 Å². The third-order valence-corrected chi connectivity index (χ3v) is 4.91. The third-order valence-electron chi connectivity index (χ3n) is 4.91. The maximum Gasteiger partial charge on any atom is 0.0234 e. The maximum atomic E-state index is 3.65. The molecule has 2 nitrogen and oxygen atoms in total. The fourth-order valence-electron chi connectivity index (χ4n) is 3.36. The number of rotatable bonds is 7. The molecule has 1 heterocycles. The van der Waals surface area contributed by atoms with Crippen LogP contribution in [0.2, 0.25) is 0 Å². The van der Waals surface area contributed by atoms with Crippen LogP contribution in [-0.2, 0) is 6.54 Å². The molecule has 1 atom stereocenters. The van der Waals surface area contributed by atoms with E-state index in [1.165, 1.54) is 56.4 Å². The minimum absolute atomic E-state index is 0.629. The second kappa shape index (κ2) is 6.93. The Morgan fingerprint density at radius 2 is 1.86 bits per heavy atom. The molecule has 1 aromatic carbocycles. The van der Waals surface area contributed by atoms with Gasteiger partial charge in [0.15, 0.2) is 0 Å². The molecule has 1 N–H and O–H groups in total. The Kier molecular flexibility index (Phi) is 4.97. The van der Waals surface area contributed by atoms with Crippen molar-refractivity contribution in [3.8, 4) is 0 Å². The van der Waals surface area contributed by atoms with Crippen molar-refractivity contribution >= 4 is 0 Å². The van der Waals surface area contributed by atoms with Crippen molar-refractivity contribution < 1.29 is 0 Å². The first-order chi connectivity index (χ1) is 10.2. The monoisotopic (exact) mass is 286 g/mol. The summed E-state index contributed by atoms with van der Waals surface area (Å²) in [5.41, 5.74) is 2.92. The molecule has 0 spiro atoms. The molecular weight excluding hydrogens is 256 g/mol. The largest absolute Gasteiger partial charge is 0.313 e. The van der Waals surface area contributed by atoms with Crippen LogP contribution in [0.3, 0.4) is 0 Å². The molecule has 116 valence electrons. The second-order valence-electron chi connectivity index (χ2n) is 7.33. The summed E-state index contributed by atoms with van der Waals surface area (Å²) in [7, 11) is 0. The first kappa shape index (κ1) is 15.1. The number of hydrogen-bond acceptors (Lipinski definition) is 2. The summed E-state index contributed by atoms with van der Waals surface area (Å²) in [4.78, 5) is 2.69. The van der Waals surface area contributed by atoms with Gasteiger partial charge in [0.1, 0.15) is 0 Å². The van der Waals surface area contributed by atoms with Crippen LogP contribution in [0.1, 0.15) is 56.6 Å². The quantitative estimate of drug-likeness (QED) is 0.821. The van der Waals surface area contributed by atoms with E-state index in [0.717, 1.165) is 18.5 Å². The molecule has 1 unspecified atom stereocenters. The van der Waals surface area contributed by atoms with E-state index in [4.69, 9.17) is 0 Å². The van der Waals surface area contributed by atoms with Gasteiger partial charge < -0.3 is 5.32 Å². The van der Waals surface area contributed by atoms with Gasteiger partial charge in [-0.05, 0) is 55.2 Å². The minimum atomic E-state index is 0.629. The van der Waals surface area contributed by atoms with E-state index in [-0.39, 0.29) is 0 Å². The fraction of sp³-hybridized carbons (Fsp3) is 0.684. The van der Waals surface area contributed by atoms with Crippen molar-refractivity contribution in [1.29, 1.82) is 0 Å². The normalized spacial score (nSPS) is 22.4.